The van der Waals surface area contributed by atoms with E-state index in [1.165, 1.54) is 6.07 Å². The van der Waals surface area contributed by atoms with Gasteiger partial charge in [0, 0.05) is 26.1 Å². The van der Waals surface area contributed by atoms with E-state index in [2.05, 4.69) is 5.32 Å². The molecule has 0 bridgehead atoms. The van der Waals surface area contributed by atoms with Crippen molar-refractivity contribution in [3.05, 3.63) is 71.0 Å². The third-order valence-corrected chi connectivity index (χ3v) is 4.66. The van der Waals surface area contributed by atoms with Gasteiger partial charge in [0.2, 0.25) is 5.91 Å². The van der Waals surface area contributed by atoms with Gasteiger partial charge in [-0.05, 0) is 56.9 Å². The number of halogens is 1. The highest BCUT2D eigenvalue weighted by molar-refractivity contribution is 5.77. The molecule has 2 aromatic carbocycles. The fourth-order valence-electron chi connectivity index (χ4n) is 3.08. The molecular formula is C24H31FN2O3. The summed E-state index contributed by atoms with van der Waals surface area (Å²) in [6.45, 7) is 7.75. The van der Waals surface area contributed by atoms with E-state index in [1.807, 2.05) is 31.2 Å². The molecule has 30 heavy (non-hydrogen) atoms. The molecular weight excluding hydrogens is 383 g/mol. The number of rotatable bonds is 7. The van der Waals surface area contributed by atoms with E-state index in [-0.39, 0.29) is 24.6 Å². The zero-order valence-electron chi connectivity index (χ0n) is 18.4. The number of alkyl carbamates (subject to hydrolysis) is 1. The molecule has 2 aromatic rings. The van der Waals surface area contributed by atoms with Crippen LogP contribution in [0, 0.1) is 12.7 Å². The first-order chi connectivity index (χ1) is 14.0. The van der Waals surface area contributed by atoms with Gasteiger partial charge in [-0.15, -0.1) is 0 Å². The molecule has 0 aliphatic carbocycles. The maximum atomic E-state index is 14.1. The second kappa shape index (κ2) is 10.2. The lowest BCUT2D eigenvalue weighted by molar-refractivity contribution is -0.130. The number of carbonyl (C=O) groups is 2. The molecule has 5 nitrogen and oxygen atoms in total. The maximum Gasteiger partial charge on any atom is 0.407 e. The number of amides is 2. The van der Waals surface area contributed by atoms with Crippen molar-refractivity contribution in [2.75, 3.05) is 7.05 Å². The SMILES string of the molecule is Cc1ccccc1CN(C)C(=O)C[C@@H](Cc1ccccc1F)NC(=O)OC(C)(C)C. The molecule has 0 aliphatic rings. The van der Waals surface area contributed by atoms with Gasteiger partial charge < -0.3 is 15.0 Å². The Morgan fingerprint density at radius 1 is 1.07 bits per heavy atom. The first-order valence-electron chi connectivity index (χ1n) is 10.1. The molecule has 0 radical (unpaired) electrons. The third-order valence-electron chi connectivity index (χ3n) is 4.66. The lowest BCUT2D eigenvalue weighted by atomic mass is 10.0. The van der Waals surface area contributed by atoms with Gasteiger partial charge in [0.15, 0.2) is 0 Å². The smallest absolute Gasteiger partial charge is 0.407 e. The summed E-state index contributed by atoms with van der Waals surface area (Å²) >= 11 is 0. The monoisotopic (exact) mass is 414 g/mol. The minimum Gasteiger partial charge on any atom is -0.444 e. The number of hydrogen-bond donors (Lipinski definition) is 1. The Labute approximate surface area is 178 Å². The fraction of sp³-hybridized carbons (Fsp3) is 0.417. The van der Waals surface area contributed by atoms with Crippen LogP contribution in [0.4, 0.5) is 9.18 Å². The molecule has 0 saturated heterocycles. The van der Waals surface area contributed by atoms with E-state index in [9.17, 15) is 14.0 Å². The number of ether oxygens (including phenoxy) is 1. The lowest BCUT2D eigenvalue weighted by Crippen LogP contribution is -2.43. The number of nitrogens with zero attached hydrogens (tertiary/aromatic N) is 1. The second-order valence-corrected chi connectivity index (χ2v) is 8.52. The average Bonchev–Trinajstić information content (AvgIpc) is 2.63. The fourth-order valence-corrected chi connectivity index (χ4v) is 3.08. The van der Waals surface area contributed by atoms with Crippen LogP contribution in [0.25, 0.3) is 0 Å². The summed E-state index contributed by atoms with van der Waals surface area (Å²) < 4.78 is 19.5. The van der Waals surface area contributed by atoms with Crippen LogP contribution in [0.3, 0.4) is 0 Å². The van der Waals surface area contributed by atoms with Crippen LogP contribution in [-0.2, 0) is 22.5 Å². The molecule has 0 fully saturated rings. The summed E-state index contributed by atoms with van der Waals surface area (Å²) in [6.07, 6.45) is -0.399. The molecule has 0 saturated carbocycles. The lowest BCUT2D eigenvalue weighted by Gasteiger charge is -2.25. The Kier molecular flexibility index (Phi) is 7.98. The molecule has 2 rings (SSSR count). The van der Waals surface area contributed by atoms with Crippen molar-refractivity contribution in [2.24, 2.45) is 0 Å². The van der Waals surface area contributed by atoms with Gasteiger partial charge >= 0.3 is 6.09 Å². The predicted octanol–water partition coefficient (Wildman–Crippen LogP) is 4.62. The summed E-state index contributed by atoms with van der Waals surface area (Å²) in [5.41, 5.74) is 1.93. The number of benzene rings is 2. The molecule has 0 aromatic heterocycles. The molecule has 1 atom stereocenters. The van der Waals surface area contributed by atoms with E-state index in [0.29, 0.717) is 12.1 Å². The van der Waals surface area contributed by atoms with Gasteiger partial charge in [0.05, 0.1) is 0 Å². The minimum atomic E-state index is -0.668. The first kappa shape index (κ1) is 23.4. The molecule has 0 aliphatic heterocycles. The normalized spacial score (nSPS) is 12.2. The zero-order valence-corrected chi connectivity index (χ0v) is 18.4. The van der Waals surface area contributed by atoms with Crippen LogP contribution in [-0.4, -0.2) is 35.6 Å². The highest BCUT2D eigenvalue weighted by atomic mass is 19.1. The van der Waals surface area contributed by atoms with Crippen LogP contribution in [0.5, 0.6) is 0 Å². The zero-order chi connectivity index (χ0) is 22.3. The summed E-state index contributed by atoms with van der Waals surface area (Å²) in [5.74, 6) is -0.509. The van der Waals surface area contributed by atoms with Crippen LogP contribution in [0.2, 0.25) is 0 Å². The van der Waals surface area contributed by atoms with Crippen molar-refractivity contribution in [3.8, 4) is 0 Å². The Hall–Kier alpha value is -2.89. The van der Waals surface area contributed by atoms with Crippen LogP contribution in [0.15, 0.2) is 48.5 Å². The topological polar surface area (TPSA) is 58.6 Å². The quantitative estimate of drug-likeness (QED) is 0.719. The van der Waals surface area contributed by atoms with Gasteiger partial charge in [-0.2, -0.15) is 0 Å². The van der Waals surface area contributed by atoms with Gasteiger partial charge in [-0.25, -0.2) is 9.18 Å². The summed E-state index contributed by atoms with van der Waals surface area (Å²) in [5, 5.41) is 2.73. The number of carbonyl (C=O) groups excluding carboxylic acids is 2. The van der Waals surface area contributed by atoms with Crippen molar-refractivity contribution in [1.82, 2.24) is 10.2 Å². The van der Waals surface area contributed by atoms with Gasteiger partial charge in [0.1, 0.15) is 11.4 Å². The Morgan fingerprint density at radius 2 is 1.67 bits per heavy atom. The number of nitrogens with one attached hydrogen (secondary N) is 1. The van der Waals surface area contributed by atoms with E-state index >= 15 is 0 Å². The third kappa shape index (κ3) is 7.50. The molecule has 1 N–H and O–H groups in total. The Bertz CT molecular complexity index is 877. The van der Waals surface area contributed by atoms with E-state index in [0.717, 1.165) is 11.1 Å². The second-order valence-electron chi connectivity index (χ2n) is 8.52. The summed E-state index contributed by atoms with van der Waals surface area (Å²) in [4.78, 5) is 26.7. The van der Waals surface area contributed by atoms with Crippen molar-refractivity contribution < 1.29 is 18.7 Å². The molecule has 0 spiro atoms. The van der Waals surface area contributed by atoms with E-state index in [4.69, 9.17) is 4.74 Å². The summed E-state index contributed by atoms with van der Waals surface area (Å²) in [6, 6.07) is 13.6. The van der Waals surface area contributed by atoms with Crippen LogP contribution < -0.4 is 5.32 Å². The van der Waals surface area contributed by atoms with Crippen molar-refractivity contribution in [2.45, 2.75) is 58.7 Å². The Morgan fingerprint density at radius 3 is 2.27 bits per heavy atom. The molecule has 0 heterocycles. The minimum absolute atomic E-state index is 0.0377. The van der Waals surface area contributed by atoms with Gasteiger partial charge in [0.25, 0.3) is 0 Å². The first-order valence-corrected chi connectivity index (χ1v) is 10.1. The van der Waals surface area contributed by atoms with Gasteiger partial charge in [-0.1, -0.05) is 42.5 Å². The van der Waals surface area contributed by atoms with E-state index in [1.54, 1.807) is 50.9 Å². The average molecular weight is 415 g/mol. The highest BCUT2D eigenvalue weighted by Crippen LogP contribution is 2.15. The number of hydrogen-bond acceptors (Lipinski definition) is 3. The number of aryl methyl sites for hydroxylation is 1. The largest absolute Gasteiger partial charge is 0.444 e. The van der Waals surface area contributed by atoms with Crippen molar-refractivity contribution in [3.63, 3.8) is 0 Å². The van der Waals surface area contributed by atoms with Crippen LogP contribution >= 0.6 is 0 Å². The van der Waals surface area contributed by atoms with Gasteiger partial charge in [-0.3, -0.25) is 4.79 Å². The Balaban J connectivity index is 2.10. The molecule has 2 amide bonds. The van der Waals surface area contributed by atoms with E-state index < -0.39 is 17.7 Å². The predicted molar refractivity (Wildman–Crippen MR) is 116 cm³/mol. The van der Waals surface area contributed by atoms with Crippen molar-refractivity contribution in [1.29, 1.82) is 0 Å². The molecule has 0 unspecified atom stereocenters. The molecule has 162 valence electrons. The molecule has 6 heteroatoms. The van der Waals surface area contributed by atoms with Crippen molar-refractivity contribution >= 4 is 12.0 Å². The standard InChI is InChI=1S/C24H31FN2O3/c1-17-10-6-7-12-19(17)16-27(5)22(28)15-20(26-23(29)30-24(2,3)4)14-18-11-8-9-13-21(18)25/h6-13,20H,14-16H2,1-5H3,(H,26,29)/t20-/m1/s1. The maximum absolute atomic E-state index is 14.1. The summed E-state index contributed by atoms with van der Waals surface area (Å²) in [7, 11) is 1.72. The highest BCUT2D eigenvalue weighted by Gasteiger charge is 2.24. The van der Waals surface area contributed by atoms with Crippen LogP contribution in [0.1, 0.15) is 43.9 Å².